The van der Waals surface area contributed by atoms with Gasteiger partial charge in [-0.25, -0.2) is 0 Å². The topological polar surface area (TPSA) is 69.9 Å². The first-order valence-electron chi connectivity index (χ1n) is 3.36. The van der Waals surface area contributed by atoms with Gasteiger partial charge in [0.2, 0.25) is 0 Å². The molecule has 1 aliphatic rings. The third-order valence-electron chi connectivity index (χ3n) is 1.73. The number of ether oxygens (including phenoxy) is 1. The van der Waals surface area contributed by atoms with E-state index in [9.17, 15) is 10.2 Å². The second kappa shape index (κ2) is 3.73. The van der Waals surface area contributed by atoms with Crippen LogP contribution in [0.15, 0.2) is 0 Å². The highest BCUT2D eigenvalue weighted by molar-refractivity contribution is 8.00. The SMILES string of the molecule is CO[C@@H]1S[C@H](CO)[C@@H](O)[C@@H]1O. The molecule has 0 aromatic rings. The standard InChI is InChI=1S/C6H12O4S/c1-10-6-5(9)4(8)3(2-7)11-6/h3-9H,2H2,1H3/t3-,4-,5+,6-/m1/s1. The van der Waals surface area contributed by atoms with Crippen LogP contribution in [0.5, 0.6) is 0 Å². The van der Waals surface area contributed by atoms with E-state index in [-0.39, 0.29) is 11.9 Å². The van der Waals surface area contributed by atoms with Crippen LogP contribution < -0.4 is 0 Å². The van der Waals surface area contributed by atoms with Gasteiger partial charge in [-0.15, -0.1) is 11.8 Å². The number of thioether (sulfide) groups is 1. The minimum atomic E-state index is -0.887. The summed E-state index contributed by atoms with van der Waals surface area (Å²) in [4.78, 5) is 0. The molecule has 3 N–H and O–H groups in total. The molecule has 1 aliphatic heterocycles. The molecule has 1 heterocycles. The zero-order chi connectivity index (χ0) is 8.43. The fraction of sp³-hybridized carbons (Fsp3) is 1.00. The molecule has 1 saturated heterocycles. The smallest absolute Gasteiger partial charge is 0.131 e. The van der Waals surface area contributed by atoms with E-state index < -0.39 is 17.6 Å². The number of aliphatic hydroxyl groups excluding tert-OH is 3. The van der Waals surface area contributed by atoms with Gasteiger partial charge in [-0.05, 0) is 0 Å². The van der Waals surface area contributed by atoms with Crippen LogP contribution in [0.1, 0.15) is 0 Å². The molecule has 0 aromatic heterocycles. The molecular formula is C6H12O4S. The molecule has 0 radical (unpaired) electrons. The Kier molecular flexibility index (Phi) is 3.15. The first-order valence-corrected chi connectivity index (χ1v) is 4.30. The minimum absolute atomic E-state index is 0.136. The van der Waals surface area contributed by atoms with Gasteiger partial charge in [-0.1, -0.05) is 0 Å². The van der Waals surface area contributed by atoms with Gasteiger partial charge in [0.05, 0.1) is 18.0 Å². The van der Waals surface area contributed by atoms with Crippen LogP contribution in [-0.2, 0) is 4.74 Å². The van der Waals surface area contributed by atoms with Crippen LogP contribution in [0.2, 0.25) is 0 Å². The minimum Gasteiger partial charge on any atom is -0.395 e. The first-order chi connectivity index (χ1) is 5.20. The van der Waals surface area contributed by atoms with Gasteiger partial charge in [-0.3, -0.25) is 0 Å². The van der Waals surface area contributed by atoms with Crippen molar-refractivity contribution in [1.29, 1.82) is 0 Å². The summed E-state index contributed by atoms with van der Waals surface area (Å²) in [6.45, 7) is -0.136. The second-order valence-electron chi connectivity index (χ2n) is 2.44. The van der Waals surface area contributed by atoms with Crippen molar-refractivity contribution in [3.8, 4) is 0 Å². The average molecular weight is 180 g/mol. The Balaban J connectivity index is 2.53. The van der Waals surface area contributed by atoms with Gasteiger partial charge in [0.25, 0.3) is 0 Å². The Morgan fingerprint density at radius 2 is 2.00 bits per heavy atom. The van der Waals surface area contributed by atoms with Crippen LogP contribution in [0.4, 0.5) is 0 Å². The van der Waals surface area contributed by atoms with Gasteiger partial charge in [0, 0.05) is 7.11 Å². The Morgan fingerprint density at radius 3 is 2.27 bits per heavy atom. The average Bonchev–Trinajstić information content (AvgIpc) is 2.30. The fourth-order valence-electron chi connectivity index (χ4n) is 1.06. The van der Waals surface area contributed by atoms with Gasteiger partial charge in [-0.2, -0.15) is 0 Å². The van der Waals surface area contributed by atoms with Crippen LogP contribution in [0.25, 0.3) is 0 Å². The Labute approximate surface area is 69.2 Å². The fourth-order valence-corrected chi connectivity index (χ4v) is 2.25. The molecule has 0 amide bonds. The monoisotopic (exact) mass is 180 g/mol. The Bertz CT molecular complexity index is 114. The van der Waals surface area contributed by atoms with Crippen LogP contribution >= 0.6 is 11.8 Å². The summed E-state index contributed by atoms with van der Waals surface area (Å²) in [6.07, 6.45) is -1.77. The summed E-state index contributed by atoms with van der Waals surface area (Å²) in [7, 11) is 1.47. The molecule has 0 aliphatic carbocycles. The third kappa shape index (κ3) is 1.68. The summed E-state index contributed by atoms with van der Waals surface area (Å²) in [5, 5.41) is 26.9. The van der Waals surface area contributed by atoms with Crippen molar-refractivity contribution >= 4 is 11.8 Å². The van der Waals surface area contributed by atoms with Gasteiger partial charge in [0.1, 0.15) is 11.5 Å². The molecule has 11 heavy (non-hydrogen) atoms. The summed E-state index contributed by atoms with van der Waals surface area (Å²) in [6, 6.07) is 0. The Hall–Kier alpha value is 0.190. The zero-order valence-corrected chi connectivity index (χ0v) is 6.99. The highest BCUT2D eigenvalue weighted by Crippen LogP contribution is 2.34. The van der Waals surface area contributed by atoms with E-state index in [1.807, 2.05) is 0 Å². The highest BCUT2D eigenvalue weighted by Gasteiger charge is 2.41. The lowest BCUT2D eigenvalue weighted by Crippen LogP contribution is -2.34. The van der Waals surface area contributed by atoms with E-state index in [4.69, 9.17) is 9.84 Å². The summed E-state index contributed by atoms with van der Waals surface area (Å²) in [5.74, 6) is 0. The highest BCUT2D eigenvalue weighted by atomic mass is 32.2. The summed E-state index contributed by atoms with van der Waals surface area (Å²) >= 11 is 1.25. The van der Waals surface area contributed by atoms with E-state index >= 15 is 0 Å². The number of hydrogen-bond donors (Lipinski definition) is 3. The third-order valence-corrected chi connectivity index (χ3v) is 3.25. The van der Waals surface area contributed by atoms with E-state index in [0.29, 0.717) is 0 Å². The van der Waals surface area contributed by atoms with Gasteiger partial charge >= 0.3 is 0 Å². The lowest BCUT2D eigenvalue weighted by molar-refractivity contribution is -0.0308. The number of aliphatic hydroxyl groups is 3. The van der Waals surface area contributed by atoms with Crippen LogP contribution in [-0.4, -0.2) is 51.9 Å². The van der Waals surface area contributed by atoms with Gasteiger partial charge in [0.15, 0.2) is 0 Å². The number of rotatable bonds is 2. The van der Waals surface area contributed by atoms with E-state index in [2.05, 4.69) is 0 Å². The van der Waals surface area contributed by atoms with Crippen molar-refractivity contribution in [1.82, 2.24) is 0 Å². The van der Waals surface area contributed by atoms with Crippen LogP contribution in [0, 0.1) is 0 Å². The van der Waals surface area contributed by atoms with E-state index in [1.54, 1.807) is 0 Å². The molecule has 4 atom stereocenters. The quantitative estimate of drug-likeness (QED) is 0.497. The maximum Gasteiger partial charge on any atom is 0.131 e. The predicted molar refractivity (Wildman–Crippen MR) is 41.3 cm³/mol. The zero-order valence-electron chi connectivity index (χ0n) is 6.17. The van der Waals surface area contributed by atoms with Crippen LogP contribution in [0.3, 0.4) is 0 Å². The van der Waals surface area contributed by atoms with Crippen molar-refractivity contribution in [3.05, 3.63) is 0 Å². The summed E-state index contributed by atoms with van der Waals surface area (Å²) < 4.78 is 4.87. The molecule has 0 spiro atoms. The van der Waals surface area contributed by atoms with Gasteiger partial charge < -0.3 is 20.1 Å². The molecule has 1 fully saturated rings. The number of methoxy groups -OCH3 is 1. The maximum absolute atomic E-state index is 9.25. The molecule has 5 heteroatoms. The van der Waals surface area contributed by atoms with E-state index in [1.165, 1.54) is 18.9 Å². The molecule has 0 saturated carbocycles. The molecule has 4 nitrogen and oxygen atoms in total. The predicted octanol–water partition coefficient (Wildman–Crippen LogP) is -1.21. The molecule has 66 valence electrons. The largest absolute Gasteiger partial charge is 0.395 e. The van der Waals surface area contributed by atoms with Crippen molar-refractivity contribution in [2.24, 2.45) is 0 Å². The molecular weight excluding hydrogens is 168 g/mol. The van der Waals surface area contributed by atoms with Crippen molar-refractivity contribution in [3.63, 3.8) is 0 Å². The van der Waals surface area contributed by atoms with Crippen molar-refractivity contribution in [2.45, 2.75) is 22.9 Å². The van der Waals surface area contributed by atoms with Crippen molar-refractivity contribution < 1.29 is 20.1 Å². The molecule has 0 bridgehead atoms. The summed E-state index contributed by atoms with van der Waals surface area (Å²) in [5.41, 5.74) is -0.415. The number of hydrogen-bond acceptors (Lipinski definition) is 5. The lowest BCUT2D eigenvalue weighted by atomic mass is 10.1. The normalized spacial score (nSPS) is 44.7. The maximum atomic E-state index is 9.25. The van der Waals surface area contributed by atoms with E-state index in [0.717, 1.165) is 0 Å². The molecule has 1 rings (SSSR count). The Morgan fingerprint density at radius 1 is 1.36 bits per heavy atom. The molecule has 0 aromatic carbocycles. The van der Waals surface area contributed by atoms with Crippen molar-refractivity contribution in [2.75, 3.05) is 13.7 Å². The first kappa shape index (κ1) is 9.28. The molecule has 0 unspecified atom stereocenters. The second-order valence-corrected chi connectivity index (χ2v) is 3.78. The lowest BCUT2D eigenvalue weighted by Gasteiger charge is -2.13.